The van der Waals surface area contributed by atoms with E-state index in [1.807, 2.05) is 30.8 Å². The summed E-state index contributed by atoms with van der Waals surface area (Å²) >= 11 is 1.02. The van der Waals surface area contributed by atoms with Gasteiger partial charge in [-0.3, -0.25) is 4.68 Å². The normalized spacial score (nSPS) is 11.3. The third-order valence-corrected chi connectivity index (χ3v) is 3.96. The summed E-state index contributed by atoms with van der Waals surface area (Å²) in [6, 6.07) is 4.88. The van der Waals surface area contributed by atoms with Crippen LogP contribution in [-0.2, 0) is 6.54 Å². The molecule has 1 N–H and O–H groups in total. The van der Waals surface area contributed by atoms with Crippen LogP contribution in [0, 0.1) is 12.1 Å². The van der Waals surface area contributed by atoms with Gasteiger partial charge in [0.1, 0.15) is 0 Å². The lowest BCUT2D eigenvalue weighted by molar-refractivity contribution is 0.653. The van der Waals surface area contributed by atoms with E-state index in [0.29, 0.717) is 10.8 Å². The Morgan fingerprint density at radius 3 is 2.96 bits per heavy atom. The van der Waals surface area contributed by atoms with Gasteiger partial charge in [-0.25, -0.2) is 15.4 Å². The van der Waals surface area contributed by atoms with E-state index < -0.39 is 0 Å². The number of halogens is 1. The van der Waals surface area contributed by atoms with E-state index in [-0.39, 0.29) is 5.13 Å². The molecule has 0 aliphatic rings. The fraction of sp³-hybridized carbons (Fsp3) is 0.200. The summed E-state index contributed by atoms with van der Waals surface area (Å²) in [6.07, 6.45) is 5.15. The molecule has 8 heteroatoms. The first-order chi connectivity index (χ1) is 11.2. The molecule has 0 aliphatic heterocycles. The number of aryl methyl sites for hydroxylation is 2. The number of rotatable bonds is 5. The SMILES string of the molecule is CCn1cc(-c2ccnc(NN=Cc3ccc(F)s3)n2)c(C)n1. The van der Waals surface area contributed by atoms with Crippen LogP contribution in [0.3, 0.4) is 0 Å². The Balaban J connectivity index is 1.77. The average Bonchev–Trinajstić information content (AvgIpc) is 3.13. The van der Waals surface area contributed by atoms with E-state index in [0.717, 1.165) is 34.8 Å². The minimum absolute atomic E-state index is 0.242. The number of anilines is 1. The van der Waals surface area contributed by atoms with Crippen LogP contribution in [0.25, 0.3) is 11.3 Å². The molecule has 118 valence electrons. The number of hydrazone groups is 1. The van der Waals surface area contributed by atoms with Crippen LogP contribution in [0.1, 0.15) is 17.5 Å². The quantitative estimate of drug-likeness (QED) is 0.575. The minimum atomic E-state index is -0.242. The van der Waals surface area contributed by atoms with E-state index >= 15 is 0 Å². The first kappa shape index (κ1) is 15.3. The molecular formula is C15H15FN6S. The first-order valence-electron chi connectivity index (χ1n) is 7.07. The second kappa shape index (κ2) is 6.66. The molecule has 3 heterocycles. The van der Waals surface area contributed by atoms with E-state index in [4.69, 9.17) is 0 Å². The van der Waals surface area contributed by atoms with Crippen LogP contribution in [0.4, 0.5) is 10.3 Å². The van der Waals surface area contributed by atoms with Crippen molar-refractivity contribution in [2.45, 2.75) is 20.4 Å². The van der Waals surface area contributed by atoms with Gasteiger partial charge in [0.05, 0.1) is 22.5 Å². The fourth-order valence-corrected chi connectivity index (χ4v) is 2.65. The smallest absolute Gasteiger partial charge is 0.244 e. The molecule has 0 amide bonds. The Bertz CT molecular complexity index is 838. The second-order valence-electron chi connectivity index (χ2n) is 4.76. The van der Waals surface area contributed by atoms with Gasteiger partial charge in [0.15, 0.2) is 5.13 Å². The van der Waals surface area contributed by atoms with Crippen LogP contribution in [0.5, 0.6) is 0 Å². The number of hydrogen-bond donors (Lipinski definition) is 1. The summed E-state index contributed by atoms with van der Waals surface area (Å²) < 4.78 is 14.8. The second-order valence-corrected chi connectivity index (χ2v) is 5.83. The molecule has 0 radical (unpaired) electrons. The molecule has 3 aromatic heterocycles. The van der Waals surface area contributed by atoms with E-state index in [1.165, 1.54) is 12.3 Å². The lowest BCUT2D eigenvalue weighted by atomic mass is 10.2. The molecule has 3 aromatic rings. The molecule has 0 spiro atoms. The fourth-order valence-electron chi connectivity index (χ4n) is 2.05. The number of aromatic nitrogens is 4. The number of thiophene rings is 1. The summed E-state index contributed by atoms with van der Waals surface area (Å²) in [5.41, 5.74) is 5.40. The highest BCUT2D eigenvalue weighted by Gasteiger charge is 2.09. The monoisotopic (exact) mass is 330 g/mol. The van der Waals surface area contributed by atoms with Gasteiger partial charge in [-0.05, 0) is 32.0 Å². The van der Waals surface area contributed by atoms with Crippen LogP contribution < -0.4 is 5.43 Å². The highest BCUT2D eigenvalue weighted by atomic mass is 32.1. The lowest BCUT2D eigenvalue weighted by Crippen LogP contribution is -1.97. The first-order valence-corrected chi connectivity index (χ1v) is 7.89. The van der Waals surface area contributed by atoms with Gasteiger partial charge in [-0.15, -0.1) is 11.3 Å². The van der Waals surface area contributed by atoms with Crippen molar-refractivity contribution in [3.05, 3.63) is 46.3 Å². The van der Waals surface area contributed by atoms with E-state index in [1.54, 1.807) is 12.3 Å². The largest absolute Gasteiger partial charge is 0.272 e. The number of nitrogens with one attached hydrogen (secondary N) is 1. The van der Waals surface area contributed by atoms with Crippen molar-refractivity contribution < 1.29 is 4.39 Å². The molecular weight excluding hydrogens is 315 g/mol. The minimum Gasteiger partial charge on any atom is -0.272 e. The van der Waals surface area contributed by atoms with Gasteiger partial charge in [0.2, 0.25) is 5.95 Å². The van der Waals surface area contributed by atoms with Crippen LogP contribution in [0.15, 0.2) is 35.7 Å². The van der Waals surface area contributed by atoms with Crippen molar-refractivity contribution in [1.82, 2.24) is 19.7 Å². The maximum atomic E-state index is 12.9. The van der Waals surface area contributed by atoms with Gasteiger partial charge in [0, 0.05) is 24.5 Å². The topological polar surface area (TPSA) is 68.0 Å². The Hall–Kier alpha value is -2.61. The highest BCUT2D eigenvalue weighted by molar-refractivity contribution is 7.12. The maximum Gasteiger partial charge on any atom is 0.244 e. The van der Waals surface area contributed by atoms with Crippen LogP contribution in [0.2, 0.25) is 0 Å². The van der Waals surface area contributed by atoms with Crippen molar-refractivity contribution in [1.29, 1.82) is 0 Å². The van der Waals surface area contributed by atoms with Gasteiger partial charge >= 0.3 is 0 Å². The average molecular weight is 330 g/mol. The third-order valence-electron chi connectivity index (χ3n) is 3.15. The summed E-state index contributed by atoms with van der Waals surface area (Å²) in [7, 11) is 0. The third kappa shape index (κ3) is 3.59. The van der Waals surface area contributed by atoms with Crippen LogP contribution >= 0.6 is 11.3 Å². The van der Waals surface area contributed by atoms with Crippen molar-refractivity contribution in [2.24, 2.45) is 5.10 Å². The summed E-state index contributed by atoms with van der Waals surface area (Å²) in [4.78, 5) is 9.27. The van der Waals surface area contributed by atoms with Crippen molar-refractivity contribution in [3.63, 3.8) is 0 Å². The molecule has 6 nitrogen and oxygen atoms in total. The van der Waals surface area contributed by atoms with Crippen molar-refractivity contribution >= 4 is 23.5 Å². The molecule has 0 saturated carbocycles. The van der Waals surface area contributed by atoms with E-state index in [2.05, 4.69) is 25.6 Å². The Morgan fingerprint density at radius 1 is 1.39 bits per heavy atom. The Kier molecular flexibility index (Phi) is 4.42. The van der Waals surface area contributed by atoms with Crippen LogP contribution in [-0.4, -0.2) is 26.0 Å². The van der Waals surface area contributed by atoms with Gasteiger partial charge < -0.3 is 0 Å². The summed E-state index contributed by atoms with van der Waals surface area (Å²) in [6.45, 7) is 4.78. The van der Waals surface area contributed by atoms with Gasteiger partial charge in [-0.1, -0.05) is 0 Å². The van der Waals surface area contributed by atoms with Gasteiger partial charge in [-0.2, -0.15) is 14.6 Å². The molecule has 0 bridgehead atoms. The van der Waals surface area contributed by atoms with E-state index in [9.17, 15) is 4.39 Å². The van der Waals surface area contributed by atoms with Crippen molar-refractivity contribution in [2.75, 3.05) is 5.43 Å². The predicted octanol–water partition coefficient (Wildman–Crippen LogP) is 3.32. The molecule has 0 unspecified atom stereocenters. The predicted molar refractivity (Wildman–Crippen MR) is 89.2 cm³/mol. The number of hydrogen-bond acceptors (Lipinski definition) is 6. The molecule has 0 aliphatic carbocycles. The van der Waals surface area contributed by atoms with Gasteiger partial charge in [0.25, 0.3) is 0 Å². The zero-order chi connectivity index (χ0) is 16.2. The molecule has 23 heavy (non-hydrogen) atoms. The molecule has 3 rings (SSSR count). The zero-order valence-electron chi connectivity index (χ0n) is 12.7. The maximum absolute atomic E-state index is 12.9. The molecule has 0 aromatic carbocycles. The molecule has 0 atom stereocenters. The standard InChI is InChI=1S/C15H15FN6S/c1-3-22-9-12(10(2)21-22)13-6-7-17-15(19-13)20-18-8-11-4-5-14(16)23-11/h4-9H,3H2,1-2H3,(H,17,19,20). The highest BCUT2D eigenvalue weighted by Crippen LogP contribution is 2.21. The summed E-state index contributed by atoms with van der Waals surface area (Å²) in [5.74, 6) is 0.374. The number of nitrogens with zero attached hydrogens (tertiary/aromatic N) is 5. The lowest BCUT2D eigenvalue weighted by Gasteiger charge is -2.01. The molecule has 0 saturated heterocycles. The Morgan fingerprint density at radius 2 is 2.26 bits per heavy atom. The van der Waals surface area contributed by atoms with Crippen molar-refractivity contribution in [3.8, 4) is 11.3 Å². The Labute approximate surface area is 136 Å². The summed E-state index contributed by atoms with van der Waals surface area (Å²) in [5, 5.41) is 8.20. The zero-order valence-corrected chi connectivity index (χ0v) is 13.5. The molecule has 0 fully saturated rings.